The standard InChI is InChI=1S/C9H20O2S/c1-8(6-9(2,3)4)7-12(5,10)11/h8H,6-7H2,1-5H3. The highest BCUT2D eigenvalue weighted by molar-refractivity contribution is 7.90. The van der Waals surface area contributed by atoms with Gasteiger partial charge in [0.25, 0.3) is 0 Å². The summed E-state index contributed by atoms with van der Waals surface area (Å²) in [5.41, 5.74) is 0.226. The lowest BCUT2D eigenvalue weighted by Crippen LogP contribution is -2.18. The van der Waals surface area contributed by atoms with Crippen LogP contribution >= 0.6 is 0 Å². The molecule has 3 heteroatoms. The monoisotopic (exact) mass is 192 g/mol. The Morgan fingerprint density at radius 1 is 1.25 bits per heavy atom. The molecule has 12 heavy (non-hydrogen) atoms. The van der Waals surface area contributed by atoms with Gasteiger partial charge in [0.05, 0.1) is 5.75 Å². The van der Waals surface area contributed by atoms with Gasteiger partial charge in [-0.25, -0.2) is 8.42 Å². The van der Waals surface area contributed by atoms with E-state index < -0.39 is 9.84 Å². The molecule has 0 spiro atoms. The lowest BCUT2D eigenvalue weighted by molar-refractivity contribution is 0.321. The van der Waals surface area contributed by atoms with Crippen LogP contribution in [-0.2, 0) is 9.84 Å². The second-order valence-electron chi connectivity index (χ2n) is 4.96. The first-order valence-electron chi connectivity index (χ1n) is 4.28. The second-order valence-corrected chi connectivity index (χ2v) is 7.15. The van der Waals surface area contributed by atoms with Gasteiger partial charge in [0.15, 0.2) is 0 Å². The number of hydrogen-bond acceptors (Lipinski definition) is 2. The third-order valence-corrected chi connectivity index (χ3v) is 2.72. The van der Waals surface area contributed by atoms with Crippen molar-refractivity contribution in [2.75, 3.05) is 12.0 Å². The van der Waals surface area contributed by atoms with Crippen molar-refractivity contribution < 1.29 is 8.42 Å². The largest absolute Gasteiger partial charge is 0.229 e. The summed E-state index contributed by atoms with van der Waals surface area (Å²) in [4.78, 5) is 0. The highest BCUT2D eigenvalue weighted by Crippen LogP contribution is 2.24. The fourth-order valence-corrected chi connectivity index (χ4v) is 2.77. The van der Waals surface area contributed by atoms with Gasteiger partial charge in [-0.1, -0.05) is 27.7 Å². The molecule has 0 aromatic heterocycles. The Morgan fingerprint density at radius 2 is 1.67 bits per heavy atom. The molecule has 1 unspecified atom stereocenters. The Morgan fingerprint density at radius 3 is 1.92 bits per heavy atom. The number of rotatable bonds is 3. The molecule has 0 aromatic carbocycles. The molecule has 2 nitrogen and oxygen atoms in total. The lowest BCUT2D eigenvalue weighted by Gasteiger charge is -2.22. The van der Waals surface area contributed by atoms with E-state index in [4.69, 9.17) is 0 Å². The molecule has 0 bridgehead atoms. The Kier molecular flexibility index (Phi) is 3.76. The van der Waals surface area contributed by atoms with Crippen LogP contribution in [0.4, 0.5) is 0 Å². The summed E-state index contributed by atoms with van der Waals surface area (Å²) in [6.45, 7) is 8.38. The first kappa shape index (κ1) is 11.9. The van der Waals surface area contributed by atoms with Crippen LogP contribution in [0.2, 0.25) is 0 Å². The Hall–Kier alpha value is -0.0500. The van der Waals surface area contributed by atoms with Gasteiger partial charge in [-0.05, 0) is 17.8 Å². The van der Waals surface area contributed by atoms with Crippen molar-refractivity contribution in [3.05, 3.63) is 0 Å². The molecule has 0 heterocycles. The van der Waals surface area contributed by atoms with Crippen molar-refractivity contribution in [2.24, 2.45) is 11.3 Å². The fourth-order valence-electron chi connectivity index (χ4n) is 1.62. The zero-order valence-electron chi connectivity index (χ0n) is 8.72. The molecule has 0 fully saturated rings. The van der Waals surface area contributed by atoms with Crippen molar-refractivity contribution in [1.29, 1.82) is 0 Å². The van der Waals surface area contributed by atoms with E-state index in [1.54, 1.807) is 0 Å². The third kappa shape index (κ3) is 8.05. The van der Waals surface area contributed by atoms with Gasteiger partial charge < -0.3 is 0 Å². The van der Waals surface area contributed by atoms with Gasteiger partial charge in [0, 0.05) is 6.26 Å². The molecule has 0 N–H and O–H groups in total. The molecule has 0 saturated carbocycles. The van der Waals surface area contributed by atoms with Crippen molar-refractivity contribution in [3.63, 3.8) is 0 Å². The summed E-state index contributed by atoms with van der Waals surface area (Å²) in [5.74, 6) is 0.574. The summed E-state index contributed by atoms with van der Waals surface area (Å²) in [6.07, 6.45) is 2.26. The van der Waals surface area contributed by atoms with E-state index in [1.807, 2.05) is 6.92 Å². The third-order valence-electron chi connectivity index (χ3n) is 1.55. The molecule has 0 rings (SSSR count). The van der Waals surface area contributed by atoms with E-state index >= 15 is 0 Å². The zero-order valence-corrected chi connectivity index (χ0v) is 9.53. The van der Waals surface area contributed by atoms with Crippen molar-refractivity contribution in [1.82, 2.24) is 0 Å². The maximum Gasteiger partial charge on any atom is 0.147 e. The maximum absolute atomic E-state index is 10.9. The fraction of sp³-hybridized carbons (Fsp3) is 1.00. The molecular weight excluding hydrogens is 172 g/mol. The van der Waals surface area contributed by atoms with E-state index in [0.717, 1.165) is 6.42 Å². The molecule has 1 atom stereocenters. The quantitative estimate of drug-likeness (QED) is 0.686. The van der Waals surface area contributed by atoms with E-state index in [9.17, 15) is 8.42 Å². The van der Waals surface area contributed by atoms with Gasteiger partial charge in [-0.15, -0.1) is 0 Å². The smallest absolute Gasteiger partial charge is 0.147 e. The first-order chi connectivity index (χ1) is 5.10. The Balaban J connectivity index is 4.00. The first-order valence-corrected chi connectivity index (χ1v) is 6.34. The van der Waals surface area contributed by atoms with Crippen LogP contribution in [0, 0.1) is 11.3 Å². The Labute approximate surface area is 76.3 Å². The van der Waals surface area contributed by atoms with E-state index in [-0.39, 0.29) is 11.3 Å². The van der Waals surface area contributed by atoms with E-state index in [0.29, 0.717) is 5.75 Å². The van der Waals surface area contributed by atoms with E-state index in [2.05, 4.69) is 20.8 Å². The minimum absolute atomic E-state index is 0.226. The van der Waals surface area contributed by atoms with Gasteiger partial charge in [-0.2, -0.15) is 0 Å². The normalized spacial score (nSPS) is 16.1. The predicted octanol–water partition coefficient (Wildman–Crippen LogP) is 2.10. The summed E-state index contributed by atoms with van der Waals surface area (Å²) < 4.78 is 21.9. The summed E-state index contributed by atoms with van der Waals surface area (Å²) in [7, 11) is -2.80. The van der Waals surface area contributed by atoms with Crippen LogP contribution in [-0.4, -0.2) is 20.4 Å². The van der Waals surface area contributed by atoms with Crippen LogP contribution in [0.5, 0.6) is 0 Å². The molecule has 0 aliphatic carbocycles. The number of hydrogen-bond donors (Lipinski definition) is 0. The molecule has 0 aliphatic rings. The molecule has 0 amide bonds. The molecule has 0 radical (unpaired) electrons. The highest BCUT2D eigenvalue weighted by atomic mass is 32.2. The summed E-state index contributed by atoms with van der Waals surface area (Å²) in [5, 5.41) is 0. The lowest BCUT2D eigenvalue weighted by atomic mass is 9.86. The van der Waals surface area contributed by atoms with Gasteiger partial charge >= 0.3 is 0 Å². The van der Waals surface area contributed by atoms with Crippen LogP contribution in [0.3, 0.4) is 0 Å². The summed E-state index contributed by atoms with van der Waals surface area (Å²) in [6, 6.07) is 0. The van der Waals surface area contributed by atoms with Gasteiger partial charge in [0.1, 0.15) is 9.84 Å². The predicted molar refractivity (Wildman–Crippen MR) is 52.9 cm³/mol. The number of sulfone groups is 1. The topological polar surface area (TPSA) is 34.1 Å². The van der Waals surface area contributed by atoms with Crippen LogP contribution in [0.1, 0.15) is 34.1 Å². The molecule has 0 aliphatic heterocycles. The van der Waals surface area contributed by atoms with Gasteiger partial charge in [-0.3, -0.25) is 0 Å². The van der Waals surface area contributed by atoms with E-state index in [1.165, 1.54) is 6.26 Å². The SMILES string of the molecule is CC(CC(C)(C)C)CS(C)(=O)=O. The molecular formula is C9H20O2S. The van der Waals surface area contributed by atoms with Crippen molar-refractivity contribution >= 4 is 9.84 Å². The zero-order chi connectivity index (χ0) is 9.99. The minimum atomic E-state index is -2.80. The van der Waals surface area contributed by atoms with Crippen LogP contribution in [0.25, 0.3) is 0 Å². The molecule has 0 saturated heterocycles. The van der Waals surface area contributed by atoms with Crippen molar-refractivity contribution in [2.45, 2.75) is 34.1 Å². The average molecular weight is 192 g/mol. The van der Waals surface area contributed by atoms with Crippen LogP contribution in [0.15, 0.2) is 0 Å². The van der Waals surface area contributed by atoms with Crippen LogP contribution < -0.4 is 0 Å². The van der Waals surface area contributed by atoms with Crippen molar-refractivity contribution in [3.8, 4) is 0 Å². The minimum Gasteiger partial charge on any atom is -0.229 e. The second kappa shape index (κ2) is 3.77. The van der Waals surface area contributed by atoms with Gasteiger partial charge in [0.2, 0.25) is 0 Å². The average Bonchev–Trinajstić information content (AvgIpc) is 1.49. The Bertz CT molecular complexity index is 221. The summed E-state index contributed by atoms with van der Waals surface area (Å²) >= 11 is 0. The molecule has 74 valence electrons. The molecule has 0 aromatic rings. The maximum atomic E-state index is 10.9. The highest BCUT2D eigenvalue weighted by Gasteiger charge is 2.18.